The van der Waals surface area contributed by atoms with Gasteiger partial charge in [-0.25, -0.2) is 4.90 Å². The van der Waals surface area contributed by atoms with Gasteiger partial charge in [0.2, 0.25) is 5.91 Å². The van der Waals surface area contributed by atoms with Crippen LogP contribution in [0.1, 0.15) is 11.1 Å². The smallest absolute Gasteiger partial charge is 0.263 e. The Morgan fingerprint density at radius 1 is 1.10 bits per heavy atom. The van der Waals surface area contributed by atoms with Crippen molar-refractivity contribution in [3.63, 3.8) is 0 Å². The number of benzene rings is 2. The molecule has 9 heteroatoms. The molecule has 2 aromatic carbocycles. The van der Waals surface area contributed by atoms with Gasteiger partial charge in [-0.1, -0.05) is 41.1 Å². The van der Waals surface area contributed by atoms with E-state index in [0.29, 0.717) is 16.4 Å². The summed E-state index contributed by atoms with van der Waals surface area (Å²) in [6, 6.07) is 10.4. The van der Waals surface area contributed by atoms with Crippen molar-refractivity contribution in [3.8, 4) is 0 Å². The quantitative estimate of drug-likeness (QED) is 0.782. The largest absolute Gasteiger partial charge is 0.324 e. The molecule has 1 N–H and O–H groups in total. The van der Waals surface area contributed by atoms with E-state index in [-0.39, 0.29) is 12.5 Å². The molecule has 0 aliphatic carbocycles. The Kier molecular flexibility index (Phi) is 4.79. The number of hydrogen-bond donors (Lipinski definition) is 1. The summed E-state index contributed by atoms with van der Waals surface area (Å²) in [5.41, 5.74) is 2.81. The van der Waals surface area contributed by atoms with Gasteiger partial charge in [0.1, 0.15) is 6.54 Å². The molecule has 0 radical (unpaired) electrons. The lowest BCUT2D eigenvalue weighted by Gasteiger charge is -2.20. The number of aryl methyl sites for hydroxylation is 2. The van der Waals surface area contributed by atoms with E-state index in [9.17, 15) is 14.4 Å². The summed E-state index contributed by atoms with van der Waals surface area (Å²) < 4.78 is 0. The van der Waals surface area contributed by atoms with E-state index in [1.54, 1.807) is 24.3 Å². The molecule has 0 saturated carbocycles. The second-order valence-electron chi connectivity index (χ2n) is 7.00. The first-order chi connectivity index (χ1) is 13.9. The number of rotatable bonds is 4. The first-order valence-corrected chi connectivity index (χ1v) is 9.41. The summed E-state index contributed by atoms with van der Waals surface area (Å²) in [6.07, 6.45) is 0. The van der Waals surface area contributed by atoms with Crippen molar-refractivity contribution in [1.82, 2.24) is 5.01 Å². The number of hydrogen-bond acceptors (Lipinski definition) is 6. The van der Waals surface area contributed by atoms with E-state index in [0.717, 1.165) is 16.0 Å². The van der Waals surface area contributed by atoms with Crippen LogP contribution in [0, 0.1) is 13.8 Å². The van der Waals surface area contributed by atoms with Crippen molar-refractivity contribution in [2.45, 2.75) is 25.9 Å². The highest BCUT2D eigenvalue weighted by Crippen LogP contribution is 2.33. The van der Waals surface area contributed by atoms with Crippen LogP contribution in [0.25, 0.3) is 0 Å². The molecule has 29 heavy (non-hydrogen) atoms. The fourth-order valence-corrected chi connectivity index (χ4v) is 3.55. The number of amides is 3. The Hall–Kier alpha value is -3.26. The highest BCUT2D eigenvalue weighted by atomic mass is 35.5. The van der Waals surface area contributed by atoms with Crippen molar-refractivity contribution in [2.24, 2.45) is 10.3 Å². The lowest BCUT2D eigenvalue weighted by Crippen LogP contribution is -2.43. The van der Waals surface area contributed by atoms with E-state index >= 15 is 0 Å². The third-order valence-corrected chi connectivity index (χ3v) is 5.40. The number of imide groups is 1. The summed E-state index contributed by atoms with van der Waals surface area (Å²) in [6.45, 7) is 3.52. The maximum atomic E-state index is 13.0. The summed E-state index contributed by atoms with van der Waals surface area (Å²) in [5, 5.41) is 12.3. The van der Waals surface area contributed by atoms with Crippen LogP contribution in [0.5, 0.6) is 0 Å². The van der Waals surface area contributed by atoms with E-state index in [4.69, 9.17) is 11.6 Å². The molecular formula is C20H18ClN5O3. The van der Waals surface area contributed by atoms with Gasteiger partial charge in [-0.2, -0.15) is 5.11 Å². The number of fused-ring (bicyclic) bond motifs is 1. The van der Waals surface area contributed by atoms with Crippen LogP contribution >= 0.6 is 11.6 Å². The van der Waals surface area contributed by atoms with Crippen LogP contribution in [0.15, 0.2) is 52.8 Å². The van der Waals surface area contributed by atoms with Crippen LogP contribution in [0.2, 0.25) is 5.02 Å². The second-order valence-corrected chi connectivity index (χ2v) is 7.41. The molecule has 3 amide bonds. The third kappa shape index (κ3) is 3.36. The first-order valence-electron chi connectivity index (χ1n) is 9.03. The molecule has 4 rings (SSSR count). The maximum Gasteiger partial charge on any atom is 0.263 e. The Balaban J connectivity index is 1.51. The number of anilines is 2. The van der Waals surface area contributed by atoms with Crippen molar-refractivity contribution in [1.29, 1.82) is 0 Å². The van der Waals surface area contributed by atoms with Crippen LogP contribution in [0.4, 0.5) is 11.4 Å². The number of carbonyl (C=O) groups is 3. The molecule has 2 heterocycles. The Bertz CT molecular complexity index is 1050. The minimum absolute atomic E-state index is 0.194. The SMILES string of the molecule is Cc1ccc(N2C(=O)[C@@H]3[C@@H](N=NN3CC(=O)Nc3ccccc3C)C2=O)cc1Cl. The second kappa shape index (κ2) is 7.29. The highest BCUT2D eigenvalue weighted by molar-refractivity contribution is 6.32. The fourth-order valence-electron chi connectivity index (χ4n) is 3.38. The normalized spacial score (nSPS) is 20.4. The third-order valence-electron chi connectivity index (χ3n) is 5.00. The molecule has 2 aliphatic rings. The van der Waals surface area contributed by atoms with Crippen molar-refractivity contribution >= 4 is 40.7 Å². The number of nitrogens with one attached hydrogen (secondary N) is 1. The maximum absolute atomic E-state index is 13.0. The minimum Gasteiger partial charge on any atom is -0.324 e. The zero-order chi connectivity index (χ0) is 20.7. The topological polar surface area (TPSA) is 94.4 Å². The van der Waals surface area contributed by atoms with E-state index in [2.05, 4.69) is 15.7 Å². The fraction of sp³-hybridized carbons (Fsp3) is 0.250. The summed E-state index contributed by atoms with van der Waals surface area (Å²) in [5.74, 6) is -1.31. The van der Waals surface area contributed by atoms with Gasteiger partial charge < -0.3 is 5.32 Å². The van der Waals surface area contributed by atoms with Crippen LogP contribution in [-0.2, 0) is 14.4 Å². The number of para-hydroxylation sites is 1. The zero-order valence-corrected chi connectivity index (χ0v) is 16.6. The number of nitrogens with zero attached hydrogens (tertiary/aromatic N) is 4. The Morgan fingerprint density at radius 3 is 2.59 bits per heavy atom. The Morgan fingerprint density at radius 2 is 1.86 bits per heavy atom. The molecule has 2 atom stereocenters. The van der Waals surface area contributed by atoms with Gasteiger partial charge in [0, 0.05) is 10.7 Å². The van der Waals surface area contributed by atoms with Gasteiger partial charge in [-0.15, -0.1) is 0 Å². The highest BCUT2D eigenvalue weighted by Gasteiger charge is 2.55. The monoisotopic (exact) mass is 411 g/mol. The van der Waals surface area contributed by atoms with Crippen LogP contribution < -0.4 is 10.2 Å². The van der Waals surface area contributed by atoms with Crippen LogP contribution in [0.3, 0.4) is 0 Å². The molecule has 0 aromatic heterocycles. The van der Waals surface area contributed by atoms with Gasteiger partial charge in [0.25, 0.3) is 11.8 Å². The molecule has 2 aliphatic heterocycles. The summed E-state index contributed by atoms with van der Waals surface area (Å²) in [4.78, 5) is 39.2. The van der Waals surface area contributed by atoms with Gasteiger partial charge in [-0.3, -0.25) is 19.4 Å². The molecular weight excluding hydrogens is 394 g/mol. The molecule has 0 bridgehead atoms. The van der Waals surface area contributed by atoms with Crippen molar-refractivity contribution in [3.05, 3.63) is 58.6 Å². The lowest BCUT2D eigenvalue weighted by molar-refractivity contribution is -0.123. The van der Waals surface area contributed by atoms with Gasteiger partial charge in [0.05, 0.1) is 5.69 Å². The van der Waals surface area contributed by atoms with Gasteiger partial charge in [0.15, 0.2) is 12.1 Å². The van der Waals surface area contributed by atoms with Crippen LogP contribution in [-0.4, -0.2) is 41.4 Å². The van der Waals surface area contributed by atoms with Crippen molar-refractivity contribution < 1.29 is 14.4 Å². The van der Waals surface area contributed by atoms with E-state index in [1.165, 1.54) is 5.01 Å². The number of halogens is 1. The van der Waals surface area contributed by atoms with E-state index < -0.39 is 23.9 Å². The zero-order valence-electron chi connectivity index (χ0n) is 15.8. The molecule has 0 unspecified atom stereocenters. The van der Waals surface area contributed by atoms with Crippen molar-refractivity contribution in [2.75, 3.05) is 16.8 Å². The molecule has 0 spiro atoms. The van der Waals surface area contributed by atoms with Gasteiger partial charge >= 0.3 is 0 Å². The molecule has 148 valence electrons. The first kappa shape index (κ1) is 19.1. The molecule has 8 nitrogen and oxygen atoms in total. The molecule has 1 saturated heterocycles. The standard InChI is InChI=1S/C20H18ClN5O3/c1-11-7-8-13(9-14(11)21)26-19(28)17-18(20(26)29)25(24-23-17)10-16(27)22-15-6-4-3-5-12(15)2/h3-9,17-18H,10H2,1-2H3,(H,22,27)/t17-,18+/m1/s1. The minimum atomic E-state index is -0.964. The predicted octanol–water partition coefficient (Wildman–Crippen LogP) is 2.89. The lowest BCUT2D eigenvalue weighted by atomic mass is 10.1. The average molecular weight is 412 g/mol. The summed E-state index contributed by atoms with van der Waals surface area (Å²) >= 11 is 6.14. The number of carbonyl (C=O) groups excluding carboxylic acids is 3. The van der Waals surface area contributed by atoms with Gasteiger partial charge in [-0.05, 0) is 43.2 Å². The molecule has 1 fully saturated rings. The Labute approximate surface area is 172 Å². The average Bonchev–Trinajstić information content (AvgIpc) is 3.20. The summed E-state index contributed by atoms with van der Waals surface area (Å²) in [7, 11) is 0. The molecule has 2 aromatic rings. The predicted molar refractivity (Wildman–Crippen MR) is 108 cm³/mol. The van der Waals surface area contributed by atoms with E-state index in [1.807, 2.05) is 32.0 Å².